The molecule has 11 heteroatoms. The maximum atomic E-state index is 14.0. The number of aromatic nitrogens is 2. The third kappa shape index (κ3) is 5.10. The number of Topliss-reactive ketones (excluding diaryl/α,β-unsaturated/α-hetero) is 1. The van der Waals surface area contributed by atoms with E-state index >= 15 is 0 Å². The van der Waals surface area contributed by atoms with Crippen LogP contribution in [0.25, 0.3) is 10.2 Å². The van der Waals surface area contributed by atoms with Gasteiger partial charge in [-0.2, -0.15) is 0 Å². The Morgan fingerprint density at radius 3 is 2.49 bits per heavy atom. The van der Waals surface area contributed by atoms with E-state index in [1.165, 1.54) is 33.1 Å². The van der Waals surface area contributed by atoms with Gasteiger partial charge < -0.3 is 14.6 Å². The van der Waals surface area contributed by atoms with Gasteiger partial charge in [0, 0.05) is 12.0 Å². The summed E-state index contributed by atoms with van der Waals surface area (Å²) in [5, 5.41) is 11.1. The van der Waals surface area contributed by atoms with Crippen LogP contribution in [0.3, 0.4) is 0 Å². The van der Waals surface area contributed by atoms with Crippen LogP contribution in [0, 0.1) is 12.7 Å². The highest BCUT2D eigenvalue weighted by atomic mass is 32.1. The number of halogens is 1. The molecule has 3 rings (SSSR count). The van der Waals surface area contributed by atoms with Gasteiger partial charge in [0.2, 0.25) is 0 Å². The first-order chi connectivity index (χ1) is 17.4. The van der Waals surface area contributed by atoms with E-state index in [2.05, 4.69) is 0 Å². The molecule has 0 aliphatic rings. The second-order valence-electron chi connectivity index (χ2n) is 9.12. The molecule has 9 nitrogen and oxygen atoms in total. The monoisotopic (exact) mass is 534 g/mol. The maximum Gasteiger partial charge on any atom is 0.348 e. The van der Waals surface area contributed by atoms with E-state index in [1.807, 2.05) is 6.92 Å². The summed E-state index contributed by atoms with van der Waals surface area (Å²) in [6.45, 7) is 7.73. The van der Waals surface area contributed by atoms with Crippen LogP contribution < -0.4 is 16.0 Å². The van der Waals surface area contributed by atoms with Crippen LogP contribution in [-0.2, 0) is 21.6 Å². The molecular weight excluding hydrogens is 503 g/mol. The zero-order chi connectivity index (χ0) is 27.7. The number of nitrogens with zero attached hydrogens (tertiary/aromatic N) is 2. The number of fused-ring (bicyclic) bond motifs is 1. The van der Waals surface area contributed by atoms with Gasteiger partial charge in [-0.25, -0.2) is 18.5 Å². The molecule has 1 atom stereocenters. The Bertz CT molecular complexity index is 1470. The number of benzene rings is 1. The molecule has 0 aliphatic carbocycles. The third-order valence-corrected chi connectivity index (χ3v) is 7.59. The second-order valence-corrected chi connectivity index (χ2v) is 10.1. The van der Waals surface area contributed by atoms with Crippen molar-refractivity contribution in [3.8, 4) is 5.75 Å². The molecule has 1 aromatic carbocycles. The summed E-state index contributed by atoms with van der Waals surface area (Å²) >= 11 is 0.889. The molecule has 2 aromatic heterocycles. The van der Waals surface area contributed by atoms with Gasteiger partial charge in [-0.05, 0) is 57.9 Å². The number of rotatable bonds is 10. The molecule has 37 heavy (non-hydrogen) atoms. The molecule has 0 aliphatic heterocycles. The first kappa shape index (κ1) is 28.3. The Morgan fingerprint density at radius 2 is 1.89 bits per heavy atom. The fraction of sp³-hybridized carbons (Fsp3) is 0.462. The van der Waals surface area contributed by atoms with Crippen LogP contribution in [0.5, 0.6) is 5.75 Å². The van der Waals surface area contributed by atoms with Gasteiger partial charge in [0.25, 0.3) is 5.56 Å². The number of carbonyl (C=O) groups is 2. The van der Waals surface area contributed by atoms with Crippen molar-refractivity contribution in [1.29, 1.82) is 0 Å². The summed E-state index contributed by atoms with van der Waals surface area (Å²) in [6, 6.07) is 3.63. The minimum absolute atomic E-state index is 0.0726. The number of hydrogen-bond donors (Lipinski definition) is 1. The fourth-order valence-corrected chi connectivity index (χ4v) is 5.48. The highest BCUT2D eigenvalue weighted by Gasteiger charge is 2.35. The van der Waals surface area contributed by atoms with Crippen LogP contribution in [-0.4, -0.2) is 39.7 Å². The molecule has 0 saturated heterocycles. The number of ketones is 1. The lowest BCUT2D eigenvalue weighted by molar-refractivity contribution is -0.126. The molecule has 0 radical (unpaired) electrons. The van der Waals surface area contributed by atoms with E-state index in [9.17, 15) is 28.7 Å². The lowest BCUT2D eigenvalue weighted by Gasteiger charge is -2.27. The average Bonchev–Trinajstić information content (AvgIpc) is 3.19. The molecular formula is C26H31FN2O7S. The van der Waals surface area contributed by atoms with Crippen molar-refractivity contribution in [3.63, 3.8) is 0 Å². The molecule has 1 N–H and O–H groups in total. The van der Waals surface area contributed by atoms with Gasteiger partial charge in [-0.3, -0.25) is 14.2 Å². The van der Waals surface area contributed by atoms with Crippen molar-refractivity contribution >= 4 is 33.3 Å². The number of aliphatic hydroxyl groups is 1. The van der Waals surface area contributed by atoms with Crippen molar-refractivity contribution in [2.45, 2.75) is 65.6 Å². The minimum Gasteiger partial charge on any atom is -0.496 e. The Morgan fingerprint density at radius 1 is 1.22 bits per heavy atom. The molecule has 0 spiro atoms. The van der Waals surface area contributed by atoms with E-state index < -0.39 is 41.2 Å². The summed E-state index contributed by atoms with van der Waals surface area (Å²) in [4.78, 5) is 53.4. The zero-order valence-electron chi connectivity index (χ0n) is 21.7. The number of hydrogen-bond acceptors (Lipinski definition) is 8. The van der Waals surface area contributed by atoms with Crippen LogP contribution in [0.15, 0.2) is 27.8 Å². The molecule has 200 valence electrons. The van der Waals surface area contributed by atoms with E-state index in [0.717, 1.165) is 26.5 Å². The van der Waals surface area contributed by atoms with Gasteiger partial charge in [0.15, 0.2) is 5.78 Å². The highest BCUT2D eigenvalue weighted by molar-refractivity contribution is 7.20. The predicted molar refractivity (Wildman–Crippen MR) is 138 cm³/mol. The number of aryl methyl sites for hydroxylation is 1. The van der Waals surface area contributed by atoms with E-state index in [-0.39, 0.29) is 45.2 Å². The first-order valence-corrected chi connectivity index (χ1v) is 12.7. The van der Waals surface area contributed by atoms with E-state index in [4.69, 9.17) is 9.47 Å². The van der Waals surface area contributed by atoms with Crippen molar-refractivity contribution in [2.75, 3.05) is 13.7 Å². The van der Waals surface area contributed by atoms with Crippen LogP contribution in [0.2, 0.25) is 0 Å². The Kier molecular flexibility index (Phi) is 8.38. The summed E-state index contributed by atoms with van der Waals surface area (Å²) in [5.41, 5.74) is -2.64. The van der Waals surface area contributed by atoms with Crippen molar-refractivity contribution in [3.05, 3.63) is 60.9 Å². The molecule has 2 heterocycles. The number of esters is 1. The Hall–Kier alpha value is -3.31. The highest BCUT2D eigenvalue weighted by Crippen LogP contribution is 2.32. The van der Waals surface area contributed by atoms with E-state index in [0.29, 0.717) is 12.0 Å². The molecule has 0 unspecified atom stereocenters. The fourth-order valence-electron chi connectivity index (χ4n) is 4.29. The van der Waals surface area contributed by atoms with Gasteiger partial charge in [0.1, 0.15) is 32.9 Å². The molecule has 0 fully saturated rings. The summed E-state index contributed by atoms with van der Waals surface area (Å²) in [5.74, 6) is -1.37. The van der Waals surface area contributed by atoms with Crippen LogP contribution in [0.4, 0.5) is 4.39 Å². The number of ether oxygens (including phenoxy) is 2. The van der Waals surface area contributed by atoms with Crippen LogP contribution >= 0.6 is 11.3 Å². The molecule has 0 saturated carbocycles. The summed E-state index contributed by atoms with van der Waals surface area (Å²) < 4.78 is 26.4. The van der Waals surface area contributed by atoms with Crippen LogP contribution in [0.1, 0.15) is 67.4 Å². The summed E-state index contributed by atoms with van der Waals surface area (Å²) in [7, 11) is 1.37. The number of aliphatic hydroxyl groups excluding tert-OH is 1. The summed E-state index contributed by atoms with van der Waals surface area (Å²) in [6.07, 6.45) is -0.743. The van der Waals surface area contributed by atoms with Gasteiger partial charge in [0.05, 0.1) is 25.6 Å². The Balaban J connectivity index is 2.36. The van der Waals surface area contributed by atoms with Crippen molar-refractivity contribution in [2.24, 2.45) is 0 Å². The number of thiophene rings is 1. The number of methoxy groups -OCH3 is 1. The lowest BCUT2D eigenvalue weighted by atomic mass is 9.95. The standard InChI is InChI=1S/C26H31FN2O7S/c1-7-9-19(31)26(4,5)29-22(32)20-14(3)21(24(33)36-8-2)37-23(20)28(25(29)34)13-17(30)16-12-15(27)10-11-18(16)35-6/h10-12,17,30H,7-9,13H2,1-6H3/t17-/m0/s1. The SMILES string of the molecule is CCCC(=O)C(C)(C)n1c(=O)c2c(C)c(C(=O)OCC)sc2n(C[C@H](O)c2cc(F)ccc2OC)c1=O. The zero-order valence-corrected chi connectivity index (χ0v) is 22.5. The first-order valence-electron chi connectivity index (χ1n) is 11.9. The van der Waals surface area contributed by atoms with Gasteiger partial charge in [-0.1, -0.05) is 6.92 Å². The predicted octanol–water partition coefficient (Wildman–Crippen LogP) is 3.70. The second kappa shape index (κ2) is 11.0. The normalized spacial score (nSPS) is 12.5. The van der Waals surface area contributed by atoms with Gasteiger partial charge in [-0.15, -0.1) is 11.3 Å². The van der Waals surface area contributed by atoms with Crippen molar-refractivity contribution < 1.29 is 28.6 Å². The average molecular weight is 535 g/mol. The maximum absolute atomic E-state index is 14.0. The smallest absolute Gasteiger partial charge is 0.348 e. The largest absolute Gasteiger partial charge is 0.496 e. The van der Waals surface area contributed by atoms with Gasteiger partial charge >= 0.3 is 11.7 Å². The lowest BCUT2D eigenvalue weighted by Crippen LogP contribution is -2.52. The minimum atomic E-state index is -1.50. The van der Waals surface area contributed by atoms with Crippen molar-refractivity contribution in [1.82, 2.24) is 9.13 Å². The molecule has 0 amide bonds. The topological polar surface area (TPSA) is 117 Å². The molecule has 0 bridgehead atoms. The molecule has 3 aromatic rings. The Labute approximate surface area is 217 Å². The number of carbonyl (C=O) groups excluding carboxylic acids is 2. The quantitative estimate of drug-likeness (QED) is 0.394. The third-order valence-electron chi connectivity index (χ3n) is 6.30. The van der Waals surface area contributed by atoms with E-state index in [1.54, 1.807) is 13.8 Å².